The monoisotopic (exact) mass is 276 g/mol. The molecular formula is C12H24N2O3S. The number of unbranched alkanes of at least 4 members (excludes halogenated alkanes) is 1. The van der Waals surface area contributed by atoms with Crippen LogP contribution in [0, 0.1) is 0 Å². The van der Waals surface area contributed by atoms with Gasteiger partial charge in [-0.15, -0.1) is 0 Å². The number of carbonyl (C=O) groups excluding carboxylic acids is 1. The molecule has 0 aromatic heterocycles. The molecule has 0 saturated heterocycles. The zero-order chi connectivity index (χ0) is 14.0. The normalized spacial score (nSPS) is 13.9. The van der Waals surface area contributed by atoms with E-state index in [-0.39, 0.29) is 5.91 Å². The van der Waals surface area contributed by atoms with Gasteiger partial charge in [-0.2, -0.15) is 11.8 Å². The maximum absolute atomic E-state index is 11.3. The van der Waals surface area contributed by atoms with Crippen LogP contribution < -0.4 is 11.1 Å². The molecule has 18 heavy (non-hydrogen) atoms. The number of hydrogen-bond donors (Lipinski definition) is 3. The molecule has 0 aliphatic rings. The molecule has 0 saturated carbocycles. The minimum Gasteiger partial charge on any atom is -0.480 e. The molecule has 0 spiro atoms. The molecule has 0 heterocycles. The molecule has 0 aliphatic carbocycles. The van der Waals surface area contributed by atoms with E-state index < -0.39 is 11.5 Å². The van der Waals surface area contributed by atoms with Crippen molar-refractivity contribution in [3.8, 4) is 0 Å². The number of amides is 1. The minimum atomic E-state index is -1.14. The topological polar surface area (TPSA) is 92.4 Å². The van der Waals surface area contributed by atoms with Gasteiger partial charge in [0.1, 0.15) is 5.54 Å². The highest BCUT2D eigenvalue weighted by atomic mass is 32.2. The first-order chi connectivity index (χ1) is 8.40. The predicted molar refractivity (Wildman–Crippen MR) is 74.7 cm³/mol. The first-order valence-electron chi connectivity index (χ1n) is 6.27. The van der Waals surface area contributed by atoms with Gasteiger partial charge in [-0.05, 0) is 31.9 Å². The van der Waals surface area contributed by atoms with Crippen LogP contribution in [0.5, 0.6) is 0 Å². The first kappa shape index (κ1) is 17.2. The molecule has 0 bridgehead atoms. The maximum Gasteiger partial charge on any atom is 0.323 e. The molecule has 0 aliphatic heterocycles. The SMILES string of the molecule is CCCNC(=O)CSCCCCC(C)(N)C(=O)O. The molecule has 0 aromatic carbocycles. The molecule has 0 fully saturated rings. The van der Waals surface area contributed by atoms with Crippen molar-refractivity contribution in [1.82, 2.24) is 5.32 Å². The summed E-state index contributed by atoms with van der Waals surface area (Å²) in [5.41, 5.74) is 4.47. The minimum absolute atomic E-state index is 0.0658. The molecule has 106 valence electrons. The summed E-state index contributed by atoms with van der Waals surface area (Å²) in [6, 6.07) is 0. The van der Waals surface area contributed by atoms with Crippen molar-refractivity contribution in [3.63, 3.8) is 0 Å². The number of nitrogens with two attached hydrogens (primary N) is 1. The van der Waals surface area contributed by atoms with Crippen molar-refractivity contribution in [2.75, 3.05) is 18.1 Å². The summed E-state index contributed by atoms with van der Waals surface area (Å²) < 4.78 is 0. The average Bonchev–Trinajstić information content (AvgIpc) is 2.30. The Balaban J connectivity index is 3.47. The van der Waals surface area contributed by atoms with Crippen LogP contribution in [0.3, 0.4) is 0 Å². The fraction of sp³-hybridized carbons (Fsp3) is 0.833. The van der Waals surface area contributed by atoms with E-state index in [1.165, 1.54) is 6.92 Å². The summed E-state index contributed by atoms with van der Waals surface area (Å²) in [5.74, 6) is 0.429. The van der Waals surface area contributed by atoms with Gasteiger partial charge in [0.15, 0.2) is 0 Å². The van der Waals surface area contributed by atoms with Crippen molar-refractivity contribution in [2.24, 2.45) is 5.73 Å². The highest BCUT2D eigenvalue weighted by molar-refractivity contribution is 7.99. The number of rotatable bonds is 10. The lowest BCUT2D eigenvalue weighted by molar-refractivity contribution is -0.142. The molecule has 6 heteroatoms. The molecule has 0 rings (SSSR count). The summed E-state index contributed by atoms with van der Waals surface area (Å²) >= 11 is 1.57. The van der Waals surface area contributed by atoms with Crippen LogP contribution in [0.1, 0.15) is 39.5 Å². The summed E-state index contributed by atoms with van der Waals surface area (Å²) in [6.45, 7) is 4.27. The van der Waals surface area contributed by atoms with E-state index in [1.54, 1.807) is 11.8 Å². The molecule has 1 atom stereocenters. The number of carbonyl (C=O) groups is 2. The van der Waals surface area contributed by atoms with Gasteiger partial charge >= 0.3 is 5.97 Å². The van der Waals surface area contributed by atoms with Crippen LogP contribution >= 0.6 is 11.8 Å². The van der Waals surface area contributed by atoms with E-state index in [9.17, 15) is 9.59 Å². The van der Waals surface area contributed by atoms with Crippen molar-refractivity contribution in [1.29, 1.82) is 0 Å². The van der Waals surface area contributed by atoms with Gasteiger partial charge in [0.2, 0.25) is 5.91 Å². The van der Waals surface area contributed by atoms with Gasteiger partial charge in [0, 0.05) is 6.54 Å². The van der Waals surface area contributed by atoms with Crippen LogP contribution in [-0.4, -0.2) is 40.6 Å². The van der Waals surface area contributed by atoms with E-state index in [1.807, 2.05) is 6.92 Å². The Morgan fingerprint density at radius 2 is 2.06 bits per heavy atom. The molecule has 1 unspecified atom stereocenters. The number of nitrogens with one attached hydrogen (secondary N) is 1. The summed E-state index contributed by atoms with van der Waals surface area (Å²) in [7, 11) is 0. The Labute approximate surface area is 113 Å². The lowest BCUT2D eigenvalue weighted by atomic mass is 9.97. The van der Waals surface area contributed by atoms with Gasteiger partial charge in [-0.3, -0.25) is 9.59 Å². The van der Waals surface area contributed by atoms with Crippen LogP contribution in [0.25, 0.3) is 0 Å². The predicted octanol–water partition coefficient (Wildman–Crippen LogP) is 1.22. The summed E-state index contributed by atoms with van der Waals surface area (Å²) in [4.78, 5) is 22.0. The number of thioether (sulfide) groups is 1. The summed E-state index contributed by atoms with van der Waals surface area (Å²) in [5, 5.41) is 11.6. The number of hydrogen-bond acceptors (Lipinski definition) is 4. The highest BCUT2D eigenvalue weighted by Gasteiger charge is 2.26. The molecule has 0 aromatic rings. The fourth-order valence-corrected chi connectivity index (χ4v) is 2.12. The molecule has 4 N–H and O–H groups in total. The van der Waals surface area contributed by atoms with Gasteiger partial charge < -0.3 is 16.2 Å². The van der Waals surface area contributed by atoms with Gasteiger partial charge in [-0.25, -0.2) is 0 Å². The van der Waals surface area contributed by atoms with E-state index in [0.717, 1.165) is 31.6 Å². The Bertz CT molecular complexity index is 270. The Hall–Kier alpha value is -0.750. The number of carboxylic acids is 1. The Morgan fingerprint density at radius 3 is 2.61 bits per heavy atom. The largest absolute Gasteiger partial charge is 0.480 e. The third-order valence-electron chi connectivity index (χ3n) is 2.53. The lowest BCUT2D eigenvalue weighted by Crippen LogP contribution is -2.44. The molecule has 1 amide bonds. The number of aliphatic carboxylic acids is 1. The Kier molecular flexibility index (Phi) is 8.83. The summed E-state index contributed by atoms with van der Waals surface area (Å²) in [6.07, 6.45) is 3.06. The zero-order valence-electron chi connectivity index (χ0n) is 11.2. The van der Waals surface area contributed by atoms with Crippen molar-refractivity contribution >= 4 is 23.6 Å². The van der Waals surface area contributed by atoms with E-state index in [2.05, 4.69) is 5.32 Å². The smallest absolute Gasteiger partial charge is 0.323 e. The van der Waals surface area contributed by atoms with Gasteiger partial charge in [0.25, 0.3) is 0 Å². The third kappa shape index (κ3) is 8.36. The molecule has 5 nitrogen and oxygen atoms in total. The van der Waals surface area contributed by atoms with Crippen LogP contribution in [0.15, 0.2) is 0 Å². The van der Waals surface area contributed by atoms with Crippen molar-refractivity contribution in [3.05, 3.63) is 0 Å². The van der Waals surface area contributed by atoms with E-state index in [4.69, 9.17) is 10.8 Å². The second kappa shape index (κ2) is 9.22. The molecule has 0 radical (unpaired) electrons. The van der Waals surface area contributed by atoms with Crippen molar-refractivity contribution < 1.29 is 14.7 Å². The lowest BCUT2D eigenvalue weighted by Gasteiger charge is -2.18. The van der Waals surface area contributed by atoms with Crippen LogP contribution in [-0.2, 0) is 9.59 Å². The average molecular weight is 276 g/mol. The highest BCUT2D eigenvalue weighted by Crippen LogP contribution is 2.13. The van der Waals surface area contributed by atoms with Crippen LogP contribution in [0.4, 0.5) is 0 Å². The quantitative estimate of drug-likeness (QED) is 0.522. The van der Waals surface area contributed by atoms with E-state index in [0.29, 0.717) is 12.2 Å². The molecular weight excluding hydrogens is 252 g/mol. The van der Waals surface area contributed by atoms with Crippen LogP contribution in [0.2, 0.25) is 0 Å². The van der Waals surface area contributed by atoms with Gasteiger partial charge in [-0.1, -0.05) is 13.3 Å². The van der Waals surface area contributed by atoms with Crippen molar-refractivity contribution in [2.45, 2.75) is 45.1 Å². The zero-order valence-corrected chi connectivity index (χ0v) is 12.0. The fourth-order valence-electron chi connectivity index (χ4n) is 1.28. The van der Waals surface area contributed by atoms with E-state index >= 15 is 0 Å². The second-order valence-electron chi connectivity index (χ2n) is 4.58. The van der Waals surface area contributed by atoms with Gasteiger partial charge in [0.05, 0.1) is 5.75 Å². The first-order valence-corrected chi connectivity index (χ1v) is 7.42. The standard InChI is InChI=1S/C12H24N2O3S/c1-3-7-14-10(15)9-18-8-5-4-6-12(2,13)11(16)17/h3-9,13H2,1-2H3,(H,14,15)(H,16,17). The number of carboxylic acid groups (broad SMARTS) is 1. The maximum atomic E-state index is 11.3. The third-order valence-corrected chi connectivity index (χ3v) is 3.57. The Morgan fingerprint density at radius 1 is 1.39 bits per heavy atom. The second-order valence-corrected chi connectivity index (χ2v) is 5.69.